The van der Waals surface area contributed by atoms with Gasteiger partial charge in [-0.3, -0.25) is 0 Å². The standard InChI is InChI=1S/C16H23N3O/c1-12(2)17-10-14-6-5-7-16(18-14)19(4)11-15-9-8-13(3)20-15/h5-9,12,17H,10-11H2,1-4H3. The predicted molar refractivity (Wildman–Crippen MR) is 81.8 cm³/mol. The molecule has 0 aliphatic carbocycles. The van der Waals surface area contributed by atoms with Crippen LogP contribution in [0.1, 0.15) is 31.1 Å². The number of hydrogen-bond acceptors (Lipinski definition) is 4. The number of furan rings is 1. The van der Waals surface area contributed by atoms with E-state index < -0.39 is 0 Å². The van der Waals surface area contributed by atoms with Gasteiger partial charge in [-0.2, -0.15) is 0 Å². The van der Waals surface area contributed by atoms with Crippen LogP contribution in [0.3, 0.4) is 0 Å². The van der Waals surface area contributed by atoms with Gasteiger partial charge in [-0.1, -0.05) is 19.9 Å². The van der Waals surface area contributed by atoms with Gasteiger partial charge in [0.05, 0.1) is 12.2 Å². The lowest BCUT2D eigenvalue weighted by molar-refractivity contribution is 0.481. The number of aryl methyl sites for hydroxylation is 1. The lowest BCUT2D eigenvalue weighted by Gasteiger charge is -2.18. The molecule has 0 radical (unpaired) electrons. The Kier molecular flexibility index (Phi) is 4.79. The summed E-state index contributed by atoms with van der Waals surface area (Å²) < 4.78 is 5.60. The van der Waals surface area contributed by atoms with Crippen molar-refractivity contribution in [2.24, 2.45) is 0 Å². The monoisotopic (exact) mass is 273 g/mol. The van der Waals surface area contributed by atoms with Crippen LogP contribution in [0.5, 0.6) is 0 Å². The molecule has 0 fully saturated rings. The van der Waals surface area contributed by atoms with Crippen molar-refractivity contribution in [3.8, 4) is 0 Å². The van der Waals surface area contributed by atoms with Crippen LogP contribution in [-0.4, -0.2) is 18.1 Å². The van der Waals surface area contributed by atoms with Crippen LogP contribution in [0.15, 0.2) is 34.7 Å². The lowest BCUT2D eigenvalue weighted by Crippen LogP contribution is -2.23. The van der Waals surface area contributed by atoms with Crippen LogP contribution in [0.4, 0.5) is 5.82 Å². The zero-order chi connectivity index (χ0) is 14.5. The third kappa shape index (κ3) is 4.10. The molecule has 0 spiro atoms. The van der Waals surface area contributed by atoms with E-state index in [0.29, 0.717) is 6.04 Å². The average molecular weight is 273 g/mol. The van der Waals surface area contributed by atoms with Crippen molar-refractivity contribution in [3.63, 3.8) is 0 Å². The summed E-state index contributed by atoms with van der Waals surface area (Å²) in [5.74, 6) is 2.86. The van der Waals surface area contributed by atoms with E-state index in [1.54, 1.807) is 0 Å². The van der Waals surface area contributed by atoms with E-state index >= 15 is 0 Å². The number of anilines is 1. The second-order valence-electron chi connectivity index (χ2n) is 5.39. The molecule has 0 aliphatic rings. The van der Waals surface area contributed by atoms with E-state index in [1.165, 1.54) is 0 Å². The molecule has 20 heavy (non-hydrogen) atoms. The Balaban J connectivity index is 2.02. The molecular weight excluding hydrogens is 250 g/mol. The fraction of sp³-hybridized carbons (Fsp3) is 0.438. The van der Waals surface area contributed by atoms with E-state index in [-0.39, 0.29) is 0 Å². The largest absolute Gasteiger partial charge is 0.464 e. The number of rotatable bonds is 6. The molecule has 0 saturated heterocycles. The van der Waals surface area contributed by atoms with Crippen LogP contribution >= 0.6 is 0 Å². The molecule has 1 N–H and O–H groups in total. The second kappa shape index (κ2) is 6.57. The SMILES string of the molecule is Cc1ccc(CN(C)c2cccc(CNC(C)C)n2)o1. The van der Waals surface area contributed by atoms with Crippen LogP contribution in [0.25, 0.3) is 0 Å². The summed E-state index contributed by atoms with van der Waals surface area (Å²) >= 11 is 0. The Morgan fingerprint density at radius 1 is 1.25 bits per heavy atom. The third-order valence-corrected chi connectivity index (χ3v) is 3.06. The highest BCUT2D eigenvalue weighted by Crippen LogP contribution is 2.15. The molecule has 0 bridgehead atoms. The molecule has 108 valence electrons. The maximum atomic E-state index is 5.60. The first-order valence-corrected chi connectivity index (χ1v) is 7.00. The first-order chi connectivity index (χ1) is 9.54. The first-order valence-electron chi connectivity index (χ1n) is 7.00. The van der Waals surface area contributed by atoms with E-state index in [0.717, 1.165) is 36.1 Å². The highest BCUT2D eigenvalue weighted by atomic mass is 16.3. The van der Waals surface area contributed by atoms with Gasteiger partial charge >= 0.3 is 0 Å². The molecule has 2 rings (SSSR count). The molecular formula is C16H23N3O. The van der Waals surface area contributed by atoms with Crippen LogP contribution in [0.2, 0.25) is 0 Å². The predicted octanol–water partition coefficient (Wildman–Crippen LogP) is 3.12. The number of hydrogen-bond donors (Lipinski definition) is 1. The van der Waals surface area contributed by atoms with Gasteiger partial charge in [0.1, 0.15) is 17.3 Å². The number of nitrogens with zero attached hydrogens (tertiary/aromatic N) is 2. The molecule has 0 unspecified atom stereocenters. The van der Waals surface area contributed by atoms with Gasteiger partial charge in [0.15, 0.2) is 0 Å². The minimum Gasteiger partial charge on any atom is -0.464 e. The quantitative estimate of drug-likeness (QED) is 0.878. The molecule has 4 nitrogen and oxygen atoms in total. The summed E-state index contributed by atoms with van der Waals surface area (Å²) in [5, 5.41) is 3.38. The van der Waals surface area contributed by atoms with Gasteiger partial charge < -0.3 is 14.6 Å². The smallest absolute Gasteiger partial charge is 0.129 e. The van der Waals surface area contributed by atoms with Crippen molar-refractivity contribution < 1.29 is 4.42 Å². The number of aromatic nitrogens is 1. The minimum absolute atomic E-state index is 0.462. The topological polar surface area (TPSA) is 41.3 Å². The van der Waals surface area contributed by atoms with Crippen LogP contribution in [-0.2, 0) is 13.1 Å². The zero-order valence-electron chi connectivity index (χ0n) is 12.7. The Hall–Kier alpha value is -1.81. The molecule has 0 aliphatic heterocycles. The Labute approximate surface area is 120 Å². The Bertz CT molecular complexity index is 548. The van der Waals surface area contributed by atoms with Gasteiger partial charge in [0.2, 0.25) is 0 Å². The van der Waals surface area contributed by atoms with Crippen molar-refractivity contribution >= 4 is 5.82 Å². The Morgan fingerprint density at radius 3 is 2.70 bits per heavy atom. The van der Waals surface area contributed by atoms with Crippen LogP contribution in [0, 0.1) is 6.92 Å². The molecule has 2 aromatic rings. The molecule has 2 heterocycles. The zero-order valence-corrected chi connectivity index (χ0v) is 12.7. The molecule has 0 aromatic carbocycles. The fourth-order valence-electron chi connectivity index (χ4n) is 1.97. The summed E-state index contributed by atoms with van der Waals surface area (Å²) in [4.78, 5) is 6.76. The third-order valence-electron chi connectivity index (χ3n) is 3.06. The summed E-state index contributed by atoms with van der Waals surface area (Å²) in [7, 11) is 2.03. The van der Waals surface area contributed by atoms with Gasteiger partial charge in [0.25, 0.3) is 0 Å². The highest BCUT2D eigenvalue weighted by molar-refractivity contribution is 5.38. The van der Waals surface area contributed by atoms with Gasteiger partial charge in [-0.25, -0.2) is 4.98 Å². The number of pyridine rings is 1. The molecule has 4 heteroatoms. The molecule has 0 atom stereocenters. The lowest BCUT2D eigenvalue weighted by atomic mass is 10.3. The molecule has 2 aromatic heterocycles. The maximum absolute atomic E-state index is 5.60. The number of nitrogens with one attached hydrogen (secondary N) is 1. The summed E-state index contributed by atoms with van der Waals surface area (Å²) in [5.41, 5.74) is 1.05. The van der Waals surface area contributed by atoms with Crippen molar-refractivity contribution in [2.45, 2.75) is 39.9 Å². The van der Waals surface area contributed by atoms with Crippen molar-refractivity contribution in [1.29, 1.82) is 0 Å². The van der Waals surface area contributed by atoms with Crippen molar-refractivity contribution in [2.75, 3.05) is 11.9 Å². The first kappa shape index (κ1) is 14.6. The summed E-state index contributed by atoms with van der Waals surface area (Å²) in [6.45, 7) is 7.74. The summed E-state index contributed by atoms with van der Waals surface area (Å²) in [6.07, 6.45) is 0. The van der Waals surface area contributed by atoms with E-state index in [2.05, 4.69) is 29.0 Å². The average Bonchev–Trinajstić information content (AvgIpc) is 2.82. The van der Waals surface area contributed by atoms with Gasteiger partial charge in [0, 0.05) is 19.6 Å². The highest BCUT2D eigenvalue weighted by Gasteiger charge is 2.07. The Morgan fingerprint density at radius 2 is 2.05 bits per heavy atom. The van der Waals surface area contributed by atoms with Crippen molar-refractivity contribution in [3.05, 3.63) is 47.5 Å². The molecule has 0 saturated carbocycles. The van der Waals surface area contributed by atoms with E-state index in [4.69, 9.17) is 4.42 Å². The maximum Gasteiger partial charge on any atom is 0.129 e. The van der Waals surface area contributed by atoms with Crippen LogP contribution < -0.4 is 10.2 Å². The minimum atomic E-state index is 0.462. The second-order valence-corrected chi connectivity index (χ2v) is 5.39. The van der Waals surface area contributed by atoms with Gasteiger partial charge in [-0.15, -0.1) is 0 Å². The van der Waals surface area contributed by atoms with Crippen molar-refractivity contribution in [1.82, 2.24) is 10.3 Å². The fourth-order valence-corrected chi connectivity index (χ4v) is 1.97. The van der Waals surface area contributed by atoms with E-state index in [1.807, 2.05) is 44.3 Å². The van der Waals surface area contributed by atoms with Gasteiger partial charge in [-0.05, 0) is 31.2 Å². The summed E-state index contributed by atoms with van der Waals surface area (Å²) in [6, 6.07) is 10.6. The van der Waals surface area contributed by atoms with E-state index in [9.17, 15) is 0 Å². The normalized spacial score (nSPS) is 11.1. The molecule has 0 amide bonds.